The van der Waals surface area contributed by atoms with E-state index < -0.39 is 36.3 Å². The molecular formula is C8H15N3O4. The highest BCUT2D eigenvalue weighted by molar-refractivity contribution is 5.89. The average Bonchev–Trinajstić information content (AvgIpc) is 2.14. The lowest BCUT2D eigenvalue weighted by atomic mass is 10.1. The number of nitrogens with two attached hydrogens (primary N) is 2. The molecule has 0 spiro atoms. The van der Waals surface area contributed by atoms with E-state index in [1.807, 2.05) is 0 Å². The highest BCUT2D eigenvalue weighted by Crippen LogP contribution is 1.94. The molecule has 0 bridgehead atoms. The molecule has 0 aromatic carbocycles. The Balaban J connectivity index is 4.35. The number of nitrogens with one attached hydrogen (secondary N) is 1. The molecular weight excluding hydrogens is 202 g/mol. The van der Waals surface area contributed by atoms with E-state index in [2.05, 4.69) is 5.32 Å². The van der Waals surface area contributed by atoms with E-state index in [9.17, 15) is 14.4 Å². The lowest BCUT2D eigenvalue weighted by Gasteiger charge is -2.15. The van der Waals surface area contributed by atoms with E-state index in [0.29, 0.717) is 6.42 Å². The highest BCUT2D eigenvalue weighted by atomic mass is 16.4. The zero-order chi connectivity index (χ0) is 12.0. The fraction of sp³-hybridized carbons (Fsp3) is 0.625. The number of amides is 2. The average molecular weight is 217 g/mol. The minimum Gasteiger partial charge on any atom is -0.480 e. The van der Waals surface area contributed by atoms with Crippen LogP contribution in [0.5, 0.6) is 0 Å². The van der Waals surface area contributed by atoms with Gasteiger partial charge in [0.15, 0.2) is 0 Å². The third-order valence-corrected chi connectivity index (χ3v) is 1.80. The third-order valence-electron chi connectivity index (χ3n) is 1.80. The number of hydrogen-bond acceptors (Lipinski definition) is 4. The van der Waals surface area contributed by atoms with Crippen molar-refractivity contribution < 1.29 is 19.5 Å². The lowest BCUT2D eigenvalue weighted by molar-refractivity contribution is -0.143. The van der Waals surface area contributed by atoms with Crippen LogP contribution in [0.15, 0.2) is 0 Å². The second kappa shape index (κ2) is 5.97. The van der Waals surface area contributed by atoms with Crippen molar-refractivity contribution in [1.82, 2.24) is 5.32 Å². The largest absolute Gasteiger partial charge is 0.480 e. The summed E-state index contributed by atoms with van der Waals surface area (Å²) in [6, 6.07) is -2.09. The number of carbonyl (C=O) groups excluding carboxylic acids is 2. The molecule has 0 aliphatic carbocycles. The topological polar surface area (TPSA) is 136 Å². The Kier molecular flexibility index (Phi) is 5.32. The quantitative estimate of drug-likeness (QED) is 0.415. The number of hydrogen-bond donors (Lipinski definition) is 4. The van der Waals surface area contributed by atoms with Gasteiger partial charge in [0.1, 0.15) is 6.04 Å². The summed E-state index contributed by atoms with van der Waals surface area (Å²) < 4.78 is 0. The molecule has 0 saturated heterocycles. The molecule has 0 aromatic rings. The number of carboxylic acid groups (broad SMARTS) is 1. The first-order valence-electron chi connectivity index (χ1n) is 4.45. The van der Waals surface area contributed by atoms with Crippen LogP contribution in [0.1, 0.15) is 19.8 Å². The summed E-state index contributed by atoms with van der Waals surface area (Å²) in [5.74, 6) is -2.72. The molecule has 0 fully saturated rings. The van der Waals surface area contributed by atoms with Crippen molar-refractivity contribution in [3.05, 3.63) is 0 Å². The van der Waals surface area contributed by atoms with Crippen LogP contribution in [0.4, 0.5) is 0 Å². The summed E-state index contributed by atoms with van der Waals surface area (Å²) >= 11 is 0. The summed E-state index contributed by atoms with van der Waals surface area (Å²) in [7, 11) is 0. The number of carbonyl (C=O) groups is 3. The molecule has 7 nitrogen and oxygen atoms in total. The van der Waals surface area contributed by atoms with Crippen LogP contribution < -0.4 is 16.8 Å². The van der Waals surface area contributed by atoms with Gasteiger partial charge >= 0.3 is 5.97 Å². The van der Waals surface area contributed by atoms with E-state index in [1.54, 1.807) is 6.92 Å². The van der Waals surface area contributed by atoms with Crippen molar-refractivity contribution in [3.8, 4) is 0 Å². The smallest absolute Gasteiger partial charge is 0.326 e. The van der Waals surface area contributed by atoms with Gasteiger partial charge in [-0.15, -0.1) is 0 Å². The second-order valence-electron chi connectivity index (χ2n) is 3.08. The van der Waals surface area contributed by atoms with Crippen LogP contribution in [0.25, 0.3) is 0 Å². The van der Waals surface area contributed by atoms with Gasteiger partial charge in [-0.25, -0.2) is 4.79 Å². The Bertz CT molecular complexity index is 267. The van der Waals surface area contributed by atoms with Crippen molar-refractivity contribution in [2.45, 2.75) is 31.8 Å². The van der Waals surface area contributed by atoms with Crippen molar-refractivity contribution in [1.29, 1.82) is 0 Å². The molecule has 0 aliphatic heterocycles. The van der Waals surface area contributed by atoms with Gasteiger partial charge in [-0.3, -0.25) is 9.59 Å². The molecule has 86 valence electrons. The van der Waals surface area contributed by atoms with Gasteiger partial charge in [0.05, 0.1) is 12.5 Å². The lowest BCUT2D eigenvalue weighted by Crippen LogP contribution is -2.49. The maximum atomic E-state index is 11.2. The normalized spacial score (nSPS) is 14.0. The van der Waals surface area contributed by atoms with E-state index in [4.69, 9.17) is 16.6 Å². The monoisotopic (exact) mass is 217 g/mol. The predicted octanol–water partition coefficient (Wildman–Crippen LogP) is -1.83. The second-order valence-corrected chi connectivity index (χ2v) is 3.08. The molecule has 2 unspecified atom stereocenters. The molecule has 7 heteroatoms. The van der Waals surface area contributed by atoms with Crippen LogP contribution in [-0.2, 0) is 14.4 Å². The van der Waals surface area contributed by atoms with Crippen molar-refractivity contribution in [3.63, 3.8) is 0 Å². The first-order valence-corrected chi connectivity index (χ1v) is 4.45. The van der Waals surface area contributed by atoms with E-state index >= 15 is 0 Å². The van der Waals surface area contributed by atoms with Gasteiger partial charge in [0, 0.05) is 0 Å². The summed E-state index contributed by atoms with van der Waals surface area (Å²) in [4.78, 5) is 32.3. The van der Waals surface area contributed by atoms with E-state index in [0.717, 1.165) is 0 Å². The number of primary amides is 1. The minimum atomic E-state index is -1.31. The third kappa shape index (κ3) is 4.96. The maximum absolute atomic E-state index is 11.2. The van der Waals surface area contributed by atoms with Gasteiger partial charge in [-0.2, -0.15) is 0 Å². The standard InChI is InChI=1S/C8H15N3O4/c1-2-4(9)7(13)11-5(8(14)15)3-6(10)12/h4-5H,2-3,9H2,1H3,(H2,10,12)(H,11,13)(H,14,15). The molecule has 2 atom stereocenters. The summed E-state index contributed by atoms with van der Waals surface area (Å²) in [5.41, 5.74) is 10.2. The zero-order valence-corrected chi connectivity index (χ0v) is 8.40. The summed E-state index contributed by atoms with van der Waals surface area (Å²) in [6.45, 7) is 1.69. The highest BCUT2D eigenvalue weighted by Gasteiger charge is 2.23. The number of carboxylic acids is 1. The molecule has 0 aliphatic rings. The molecule has 15 heavy (non-hydrogen) atoms. The Labute approximate surface area is 86.8 Å². The van der Waals surface area contributed by atoms with Crippen LogP contribution >= 0.6 is 0 Å². The Morgan fingerprint density at radius 1 is 1.40 bits per heavy atom. The number of aliphatic carboxylic acids is 1. The number of rotatable bonds is 6. The predicted molar refractivity (Wildman–Crippen MR) is 51.6 cm³/mol. The van der Waals surface area contributed by atoms with Crippen LogP contribution in [0.2, 0.25) is 0 Å². The van der Waals surface area contributed by atoms with Crippen molar-refractivity contribution in [2.75, 3.05) is 0 Å². The Hall–Kier alpha value is -1.63. The first kappa shape index (κ1) is 13.4. The summed E-state index contributed by atoms with van der Waals surface area (Å²) in [6.07, 6.45) is -0.0632. The molecule has 0 heterocycles. The zero-order valence-electron chi connectivity index (χ0n) is 8.40. The van der Waals surface area contributed by atoms with E-state index in [1.165, 1.54) is 0 Å². The Morgan fingerprint density at radius 3 is 2.27 bits per heavy atom. The molecule has 0 rings (SSSR count). The first-order chi connectivity index (χ1) is 6.88. The fourth-order valence-electron chi connectivity index (χ4n) is 0.865. The molecule has 2 amide bonds. The van der Waals surface area contributed by atoms with E-state index in [-0.39, 0.29) is 0 Å². The fourth-order valence-corrected chi connectivity index (χ4v) is 0.865. The molecule has 0 saturated carbocycles. The molecule has 0 aromatic heterocycles. The van der Waals surface area contributed by atoms with Gasteiger partial charge in [-0.1, -0.05) is 6.92 Å². The van der Waals surface area contributed by atoms with Gasteiger partial charge < -0.3 is 21.9 Å². The minimum absolute atomic E-state index is 0.384. The van der Waals surface area contributed by atoms with Crippen LogP contribution in [0.3, 0.4) is 0 Å². The Morgan fingerprint density at radius 2 is 1.93 bits per heavy atom. The van der Waals surface area contributed by atoms with Crippen molar-refractivity contribution in [2.24, 2.45) is 11.5 Å². The SMILES string of the molecule is CCC(N)C(=O)NC(CC(N)=O)C(=O)O. The molecule has 6 N–H and O–H groups in total. The van der Waals surface area contributed by atoms with Gasteiger partial charge in [-0.05, 0) is 6.42 Å². The molecule has 0 radical (unpaired) electrons. The van der Waals surface area contributed by atoms with Gasteiger partial charge in [0.25, 0.3) is 0 Å². The van der Waals surface area contributed by atoms with Gasteiger partial charge in [0.2, 0.25) is 11.8 Å². The van der Waals surface area contributed by atoms with Crippen LogP contribution in [0, 0.1) is 0 Å². The summed E-state index contributed by atoms with van der Waals surface area (Å²) in [5, 5.41) is 10.8. The maximum Gasteiger partial charge on any atom is 0.326 e. The van der Waals surface area contributed by atoms with Crippen LogP contribution in [-0.4, -0.2) is 35.0 Å². The van der Waals surface area contributed by atoms with Crippen molar-refractivity contribution >= 4 is 17.8 Å².